The van der Waals surface area contributed by atoms with Gasteiger partial charge in [-0.05, 0) is 49.4 Å². The Balaban J connectivity index is 1.58. The first-order valence-electron chi connectivity index (χ1n) is 14.0. The van der Waals surface area contributed by atoms with Gasteiger partial charge in [0.25, 0.3) is 5.91 Å². The fourth-order valence-corrected chi connectivity index (χ4v) is 6.52. The molecule has 3 amide bonds. The van der Waals surface area contributed by atoms with E-state index in [9.17, 15) is 24.3 Å². The molecule has 208 valence electrons. The number of aromatic nitrogens is 2. The number of hydrogen-bond donors (Lipinski definition) is 3. The summed E-state index contributed by atoms with van der Waals surface area (Å²) in [5, 5.41) is 15.8. The van der Waals surface area contributed by atoms with Gasteiger partial charge < -0.3 is 20.6 Å². The SMILES string of the molecule is CC(C)(C)[C@H](NC(=O)[C@@H](NC(=O)c1cnccn1)C1CCCCC1)C(=O)N1C(C(=O)O)CC2CCCCC21. The van der Waals surface area contributed by atoms with Crippen LogP contribution in [-0.2, 0) is 14.4 Å². The summed E-state index contributed by atoms with van der Waals surface area (Å²) in [6.07, 6.45) is 13.0. The lowest BCUT2D eigenvalue weighted by molar-refractivity contribution is -0.153. The lowest BCUT2D eigenvalue weighted by Gasteiger charge is -2.40. The number of rotatable bonds is 7. The van der Waals surface area contributed by atoms with Crippen LogP contribution in [0.4, 0.5) is 0 Å². The van der Waals surface area contributed by atoms with Gasteiger partial charge in [0.05, 0.1) is 6.20 Å². The fourth-order valence-electron chi connectivity index (χ4n) is 6.52. The van der Waals surface area contributed by atoms with Crippen molar-refractivity contribution in [1.82, 2.24) is 25.5 Å². The minimum Gasteiger partial charge on any atom is -0.480 e. The summed E-state index contributed by atoms with van der Waals surface area (Å²) >= 11 is 0. The summed E-state index contributed by atoms with van der Waals surface area (Å²) in [4.78, 5) is 62.6. The Kier molecular flexibility index (Phi) is 8.67. The Bertz CT molecular complexity index is 1020. The topological polar surface area (TPSA) is 142 Å². The van der Waals surface area contributed by atoms with Gasteiger partial charge in [-0.1, -0.05) is 52.9 Å². The minimum atomic E-state index is -0.997. The summed E-state index contributed by atoms with van der Waals surface area (Å²) in [5.41, 5.74) is -0.552. The van der Waals surface area contributed by atoms with E-state index in [0.29, 0.717) is 6.42 Å². The first-order valence-corrected chi connectivity index (χ1v) is 14.0. The number of aliphatic carboxylic acids is 1. The number of amides is 3. The Morgan fingerprint density at radius 2 is 1.66 bits per heavy atom. The molecule has 2 heterocycles. The Morgan fingerprint density at radius 3 is 2.29 bits per heavy atom. The van der Waals surface area contributed by atoms with E-state index in [4.69, 9.17) is 0 Å². The Labute approximate surface area is 224 Å². The van der Waals surface area contributed by atoms with Crippen molar-refractivity contribution in [1.29, 1.82) is 0 Å². The highest BCUT2D eigenvalue weighted by molar-refractivity contribution is 5.97. The second-order valence-corrected chi connectivity index (χ2v) is 12.2. The minimum absolute atomic E-state index is 0.0682. The second-order valence-electron chi connectivity index (χ2n) is 12.2. The molecule has 0 radical (unpaired) electrons. The van der Waals surface area contributed by atoms with Crippen LogP contribution in [0.1, 0.15) is 95.5 Å². The lowest BCUT2D eigenvalue weighted by Crippen LogP contribution is -2.62. The molecule has 1 aliphatic heterocycles. The third kappa shape index (κ3) is 6.15. The van der Waals surface area contributed by atoms with Gasteiger partial charge in [0.1, 0.15) is 23.8 Å². The normalized spacial score (nSPS) is 25.7. The van der Waals surface area contributed by atoms with Crippen LogP contribution in [0.25, 0.3) is 0 Å². The zero-order valence-corrected chi connectivity index (χ0v) is 22.7. The third-order valence-electron chi connectivity index (χ3n) is 8.51. The van der Waals surface area contributed by atoms with Crippen LogP contribution in [0.15, 0.2) is 18.6 Å². The van der Waals surface area contributed by atoms with Crippen molar-refractivity contribution in [3.05, 3.63) is 24.3 Å². The number of hydrogen-bond acceptors (Lipinski definition) is 6. The van der Waals surface area contributed by atoms with Gasteiger partial charge in [-0.3, -0.25) is 19.4 Å². The monoisotopic (exact) mass is 527 g/mol. The summed E-state index contributed by atoms with van der Waals surface area (Å²) in [6.45, 7) is 5.61. The van der Waals surface area contributed by atoms with Gasteiger partial charge in [-0.25, -0.2) is 9.78 Å². The molecule has 38 heavy (non-hydrogen) atoms. The molecule has 0 bridgehead atoms. The number of nitrogens with zero attached hydrogens (tertiary/aromatic N) is 3. The van der Waals surface area contributed by atoms with Crippen LogP contribution in [0, 0.1) is 17.3 Å². The molecule has 4 rings (SSSR count). The largest absolute Gasteiger partial charge is 0.480 e. The van der Waals surface area contributed by atoms with Crippen LogP contribution in [0.3, 0.4) is 0 Å². The van der Waals surface area contributed by atoms with Gasteiger partial charge in [-0.15, -0.1) is 0 Å². The number of fused-ring (bicyclic) bond motifs is 1. The molecule has 1 aromatic rings. The zero-order chi connectivity index (χ0) is 27.4. The molecular weight excluding hydrogens is 486 g/mol. The van der Waals surface area contributed by atoms with E-state index in [1.165, 1.54) is 18.6 Å². The Hall–Kier alpha value is -3.04. The van der Waals surface area contributed by atoms with Crippen molar-refractivity contribution in [3.63, 3.8) is 0 Å². The molecule has 3 unspecified atom stereocenters. The lowest BCUT2D eigenvalue weighted by atomic mass is 9.81. The maximum atomic E-state index is 14.1. The van der Waals surface area contributed by atoms with Gasteiger partial charge in [0.15, 0.2) is 0 Å². The van der Waals surface area contributed by atoms with Gasteiger partial charge in [0.2, 0.25) is 11.8 Å². The van der Waals surface area contributed by atoms with E-state index in [2.05, 4.69) is 20.6 Å². The number of carboxylic acid groups (broad SMARTS) is 1. The maximum absolute atomic E-state index is 14.1. The van der Waals surface area contributed by atoms with Crippen molar-refractivity contribution in [2.75, 3.05) is 0 Å². The van der Waals surface area contributed by atoms with E-state index in [1.54, 1.807) is 4.90 Å². The standard InChI is InChI=1S/C28H41N5O5/c1-28(2,3)23(26(36)33-20-12-8-7-11-18(20)15-21(33)27(37)38)32-25(35)22(17-9-5-4-6-10-17)31-24(34)19-16-29-13-14-30-19/h13-14,16-18,20-23H,4-12,15H2,1-3H3,(H,31,34)(H,32,35)(H,37,38)/t18?,20?,21?,22-,23+/m0/s1. The second kappa shape index (κ2) is 11.8. The molecule has 10 nitrogen and oxygen atoms in total. The van der Waals surface area contributed by atoms with Crippen molar-refractivity contribution < 1.29 is 24.3 Å². The molecular formula is C28H41N5O5. The average molecular weight is 528 g/mol. The molecule has 3 N–H and O–H groups in total. The number of carbonyl (C=O) groups excluding carboxylic acids is 3. The van der Waals surface area contributed by atoms with Crippen molar-refractivity contribution >= 4 is 23.7 Å². The van der Waals surface area contributed by atoms with Crippen LogP contribution in [-0.4, -0.2) is 67.8 Å². The van der Waals surface area contributed by atoms with E-state index in [-0.39, 0.29) is 29.5 Å². The maximum Gasteiger partial charge on any atom is 0.326 e. The number of nitrogens with one attached hydrogen (secondary N) is 2. The quantitative estimate of drug-likeness (QED) is 0.495. The van der Waals surface area contributed by atoms with Crippen LogP contribution < -0.4 is 10.6 Å². The van der Waals surface area contributed by atoms with Crippen molar-refractivity contribution in [2.45, 2.75) is 109 Å². The zero-order valence-electron chi connectivity index (χ0n) is 22.7. The molecule has 5 atom stereocenters. The summed E-state index contributed by atoms with van der Waals surface area (Å²) < 4.78 is 0. The predicted octanol–water partition coefficient (Wildman–Crippen LogP) is 2.93. The molecule has 10 heteroatoms. The van der Waals surface area contributed by atoms with Crippen LogP contribution in [0.2, 0.25) is 0 Å². The molecule has 0 spiro atoms. The van der Waals surface area contributed by atoms with Gasteiger partial charge in [-0.2, -0.15) is 0 Å². The fraction of sp³-hybridized carbons (Fsp3) is 0.714. The number of carbonyl (C=O) groups is 4. The smallest absolute Gasteiger partial charge is 0.326 e. The van der Waals surface area contributed by atoms with Gasteiger partial charge >= 0.3 is 5.97 Å². The summed E-state index contributed by atoms with van der Waals surface area (Å²) in [7, 11) is 0. The molecule has 3 fully saturated rings. The van der Waals surface area contributed by atoms with Crippen molar-refractivity contribution in [2.24, 2.45) is 17.3 Å². The molecule has 1 saturated heterocycles. The number of likely N-dealkylation sites (tertiary alicyclic amines) is 1. The highest BCUT2D eigenvalue weighted by Crippen LogP contribution is 2.41. The first-order chi connectivity index (χ1) is 18.1. The molecule has 2 saturated carbocycles. The van der Waals surface area contributed by atoms with E-state index < -0.39 is 41.3 Å². The van der Waals surface area contributed by atoms with E-state index in [1.807, 2.05) is 20.8 Å². The highest BCUT2D eigenvalue weighted by atomic mass is 16.4. The van der Waals surface area contributed by atoms with Crippen LogP contribution >= 0.6 is 0 Å². The Morgan fingerprint density at radius 1 is 0.974 bits per heavy atom. The van der Waals surface area contributed by atoms with Crippen molar-refractivity contribution in [3.8, 4) is 0 Å². The molecule has 3 aliphatic rings. The highest BCUT2D eigenvalue weighted by Gasteiger charge is 2.51. The average Bonchev–Trinajstić information content (AvgIpc) is 3.30. The van der Waals surface area contributed by atoms with E-state index >= 15 is 0 Å². The molecule has 0 aromatic carbocycles. The first kappa shape index (κ1) is 28.0. The van der Waals surface area contributed by atoms with Crippen LogP contribution in [0.5, 0.6) is 0 Å². The summed E-state index contributed by atoms with van der Waals surface area (Å²) in [6, 6.07) is -2.77. The third-order valence-corrected chi connectivity index (χ3v) is 8.51. The molecule has 1 aromatic heterocycles. The van der Waals surface area contributed by atoms with E-state index in [0.717, 1.165) is 57.8 Å². The molecule has 2 aliphatic carbocycles. The predicted molar refractivity (Wildman–Crippen MR) is 140 cm³/mol. The number of carboxylic acids is 1. The van der Waals surface area contributed by atoms with Gasteiger partial charge in [0, 0.05) is 18.4 Å². The summed E-state index contributed by atoms with van der Waals surface area (Å²) in [5.74, 6) is -2.15.